The van der Waals surface area contributed by atoms with Gasteiger partial charge >= 0.3 is 0 Å². The van der Waals surface area contributed by atoms with Crippen LogP contribution in [0.25, 0.3) is 0 Å². The molecule has 112 valence electrons. The molecular weight excluding hydrogens is 265 g/mol. The van der Waals surface area contributed by atoms with Crippen molar-refractivity contribution >= 4 is 5.69 Å². The third-order valence-electron chi connectivity index (χ3n) is 3.76. The third-order valence-corrected chi connectivity index (χ3v) is 3.76. The van der Waals surface area contributed by atoms with Crippen molar-refractivity contribution in [2.24, 2.45) is 5.41 Å². The Bertz CT molecular complexity index is 483. The van der Waals surface area contributed by atoms with Gasteiger partial charge in [0.2, 0.25) is 0 Å². The topological polar surface area (TPSA) is 15.3 Å². The number of benzene rings is 1. The van der Waals surface area contributed by atoms with E-state index in [1.54, 1.807) is 4.90 Å². The van der Waals surface area contributed by atoms with Gasteiger partial charge in [0.25, 0.3) is 0 Å². The summed E-state index contributed by atoms with van der Waals surface area (Å²) in [4.78, 5) is 1.73. The van der Waals surface area contributed by atoms with Crippen molar-refractivity contribution in [2.45, 2.75) is 33.2 Å². The van der Waals surface area contributed by atoms with E-state index in [2.05, 4.69) is 26.1 Å². The van der Waals surface area contributed by atoms with E-state index in [-0.39, 0.29) is 17.1 Å². The van der Waals surface area contributed by atoms with E-state index < -0.39 is 17.5 Å². The summed E-state index contributed by atoms with van der Waals surface area (Å²) in [5.41, 5.74) is 0.00531. The van der Waals surface area contributed by atoms with Gasteiger partial charge in [0, 0.05) is 31.3 Å². The van der Waals surface area contributed by atoms with Gasteiger partial charge in [0.05, 0.1) is 5.69 Å². The van der Waals surface area contributed by atoms with Crippen molar-refractivity contribution in [3.8, 4) is 0 Å². The molecule has 2 rings (SSSR count). The van der Waals surface area contributed by atoms with Gasteiger partial charge in [-0.15, -0.1) is 0 Å². The van der Waals surface area contributed by atoms with E-state index in [0.29, 0.717) is 19.2 Å². The van der Waals surface area contributed by atoms with Crippen LogP contribution in [0.4, 0.5) is 18.9 Å². The fraction of sp³-hybridized carbons (Fsp3) is 0.600. The van der Waals surface area contributed by atoms with Crippen LogP contribution in [0.15, 0.2) is 12.1 Å². The van der Waals surface area contributed by atoms with Gasteiger partial charge in [0.15, 0.2) is 11.6 Å². The quantitative estimate of drug-likeness (QED) is 0.797. The maximum atomic E-state index is 13.9. The van der Waals surface area contributed by atoms with E-state index in [1.807, 2.05) is 0 Å². The standard InChI is InChI=1S/C15H21F3N2/c1-15(2,3)13-9-20(6-4-5-19-13)12-8-10(16)7-11(17)14(12)18/h7-8,13,19H,4-6,9H2,1-3H3. The first kappa shape index (κ1) is 15.2. The second kappa shape index (κ2) is 5.64. The first-order chi connectivity index (χ1) is 9.29. The van der Waals surface area contributed by atoms with Crippen molar-refractivity contribution in [1.82, 2.24) is 5.32 Å². The molecule has 0 bridgehead atoms. The Labute approximate surface area is 118 Å². The van der Waals surface area contributed by atoms with E-state index in [1.165, 1.54) is 0 Å². The van der Waals surface area contributed by atoms with Gasteiger partial charge in [-0.05, 0) is 18.4 Å². The molecule has 1 atom stereocenters. The first-order valence-electron chi connectivity index (χ1n) is 6.92. The molecule has 0 saturated carbocycles. The minimum absolute atomic E-state index is 0.00899. The van der Waals surface area contributed by atoms with Crippen LogP contribution in [0, 0.1) is 22.9 Å². The van der Waals surface area contributed by atoms with Crippen molar-refractivity contribution in [1.29, 1.82) is 0 Å². The Morgan fingerprint density at radius 3 is 2.55 bits per heavy atom. The van der Waals surface area contributed by atoms with Crippen LogP contribution < -0.4 is 10.2 Å². The molecule has 20 heavy (non-hydrogen) atoms. The molecule has 1 heterocycles. The predicted octanol–water partition coefficient (Wildman–Crippen LogP) is 3.32. The number of nitrogens with one attached hydrogen (secondary N) is 1. The number of hydrogen-bond acceptors (Lipinski definition) is 2. The highest BCUT2D eigenvalue weighted by Gasteiger charge is 2.29. The summed E-state index contributed by atoms with van der Waals surface area (Å²) in [6, 6.07) is 1.79. The predicted molar refractivity (Wildman–Crippen MR) is 74.4 cm³/mol. The number of halogens is 3. The molecule has 1 unspecified atom stereocenters. The molecule has 1 aliphatic rings. The lowest BCUT2D eigenvalue weighted by Gasteiger charge is -2.34. The molecule has 5 heteroatoms. The van der Waals surface area contributed by atoms with Crippen LogP contribution in [-0.4, -0.2) is 25.7 Å². The summed E-state index contributed by atoms with van der Waals surface area (Å²) >= 11 is 0. The lowest BCUT2D eigenvalue weighted by atomic mass is 9.86. The zero-order valence-electron chi connectivity index (χ0n) is 12.1. The fourth-order valence-corrected chi connectivity index (χ4v) is 2.49. The lowest BCUT2D eigenvalue weighted by Crippen LogP contribution is -2.46. The van der Waals surface area contributed by atoms with E-state index in [0.717, 1.165) is 19.0 Å². The summed E-state index contributed by atoms with van der Waals surface area (Å²) in [5.74, 6) is -2.85. The minimum Gasteiger partial charge on any atom is -0.367 e. The maximum Gasteiger partial charge on any atom is 0.182 e. The SMILES string of the molecule is CC(C)(C)C1CN(c2cc(F)cc(F)c2F)CCCN1. The molecule has 1 aromatic carbocycles. The van der Waals surface area contributed by atoms with Gasteiger partial charge in [-0.1, -0.05) is 20.8 Å². The smallest absolute Gasteiger partial charge is 0.182 e. The van der Waals surface area contributed by atoms with E-state index >= 15 is 0 Å². The van der Waals surface area contributed by atoms with Crippen molar-refractivity contribution in [3.63, 3.8) is 0 Å². The molecule has 0 aliphatic carbocycles. The summed E-state index contributed by atoms with van der Waals surface area (Å²) < 4.78 is 40.6. The number of rotatable bonds is 1. The van der Waals surface area contributed by atoms with Crippen LogP contribution in [0.1, 0.15) is 27.2 Å². The summed E-state index contributed by atoms with van der Waals surface area (Å²) in [6.45, 7) is 8.21. The highest BCUT2D eigenvalue weighted by molar-refractivity contribution is 5.49. The number of hydrogen-bond donors (Lipinski definition) is 1. The van der Waals surface area contributed by atoms with Gasteiger partial charge < -0.3 is 10.2 Å². The molecule has 0 amide bonds. The molecule has 1 aliphatic heterocycles. The Morgan fingerprint density at radius 1 is 1.20 bits per heavy atom. The Balaban J connectivity index is 2.31. The molecule has 2 nitrogen and oxygen atoms in total. The second-order valence-electron chi connectivity index (χ2n) is 6.39. The minimum atomic E-state index is -1.13. The highest BCUT2D eigenvalue weighted by atomic mass is 19.2. The summed E-state index contributed by atoms with van der Waals surface area (Å²) in [6.07, 6.45) is 0.810. The normalized spacial score (nSPS) is 20.9. The first-order valence-corrected chi connectivity index (χ1v) is 6.92. The van der Waals surface area contributed by atoms with Crippen LogP contribution in [-0.2, 0) is 0 Å². The molecule has 1 N–H and O–H groups in total. The van der Waals surface area contributed by atoms with Gasteiger partial charge in [-0.2, -0.15) is 0 Å². The molecular formula is C15H21F3N2. The average Bonchev–Trinajstić information content (AvgIpc) is 2.58. The molecule has 0 aromatic heterocycles. The number of nitrogens with zero attached hydrogens (tertiary/aromatic N) is 1. The van der Waals surface area contributed by atoms with Crippen LogP contribution in [0.2, 0.25) is 0 Å². The molecule has 0 radical (unpaired) electrons. The fourth-order valence-electron chi connectivity index (χ4n) is 2.49. The Kier molecular flexibility index (Phi) is 4.28. The molecule has 0 spiro atoms. The maximum absolute atomic E-state index is 13.9. The van der Waals surface area contributed by atoms with Crippen molar-refractivity contribution < 1.29 is 13.2 Å². The Morgan fingerprint density at radius 2 is 1.90 bits per heavy atom. The van der Waals surface area contributed by atoms with E-state index in [9.17, 15) is 13.2 Å². The van der Waals surface area contributed by atoms with E-state index in [4.69, 9.17) is 0 Å². The highest BCUT2D eigenvalue weighted by Crippen LogP contribution is 2.28. The monoisotopic (exact) mass is 286 g/mol. The van der Waals surface area contributed by atoms with Gasteiger partial charge in [-0.3, -0.25) is 0 Å². The van der Waals surface area contributed by atoms with Crippen molar-refractivity contribution in [2.75, 3.05) is 24.5 Å². The zero-order chi connectivity index (χ0) is 14.9. The van der Waals surface area contributed by atoms with Crippen molar-refractivity contribution in [3.05, 3.63) is 29.6 Å². The largest absolute Gasteiger partial charge is 0.367 e. The average molecular weight is 286 g/mol. The van der Waals surface area contributed by atoms with Gasteiger partial charge in [0.1, 0.15) is 5.82 Å². The lowest BCUT2D eigenvalue weighted by molar-refractivity contribution is 0.280. The number of anilines is 1. The molecule has 1 fully saturated rings. The molecule has 1 aromatic rings. The van der Waals surface area contributed by atoms with Gasteiger partial charge in [-0.25, -0.2) is 13.2 Å². The van der Waals surface area contributed by atoms with Crippen LogP contribution >= 0.6 is 0 Å². The van der Waals surface area contributed by atoms with Crippen LogP contribution in [0.5, 0.6) is 0 Å². The summed E-state index contributed by atoms with van der Waals surface area (Å²) in [7, 11) is 0. The molecule has 1 saturated heterocycles. The summed E-state index contributed by atoms with van der Waals surface area (Å²) in [5, 5.41) is 3.42. The Hall–Kier alpha value is -1.23. The second-order valence-corrected chi connectivity index (χ2v) is 6.39. The third kappa shape index (κ3) is 3.26. The van der Waals surface area contributed by atoms with Crippen LogP contribution in [0.3, 0.4) is 0 Å². The zero-order valence-corrected chi connectivity index (χ0v) is 12.1.